The lowest BCUT2D eigenvalue weighted by Gasteiger charge is -2.24. The van der Waals surface area contributed by atoms with E-state index < -0.39 is 10.8 Å². The maximum Gasteiger partial charge on any atom is 0.309 e. The number of anilines is 1. The SMILES string of the molecule is COC(=O)C(C)CN(CC(=O)Nc1ccc([N+](=O)[O-])cc1Cl)Cc1ccccc1. The van der Waals surface area contributed by atoms with E-state index in [1.165, 1.54) is 25.3 Å². The fourth-order valence-electron chi connectivity index (χ4n) is 2.80. The molecular formula is C20H22ClN3O5. The number of non-ortho nitro benzene ring substituents is 1. The molecule has 0 heterocycles. The van der Waals surface area contributed by atoms with Gasteiger partial charge in [0.1, 0.15) is 0 Å². The fourth-order valence-corrected chi connectivity index (χ4v) is 3.02. The van der Waals surface area contributed by atoms with Crippen LogP contribution in [0.4, 0.5) is 11.4 Å². The summed E-state index contributed by atoms with van der Waals surface area (Å²) in [6.07, 6.45) is 0. The number of carbonyl (C=O) groups excluding carboxylic acids is 2. The van der Waals surface area contributed by atoms with Crippen molar-refractivity contribution in [2.45, 2.75) is 13.5 Å². The van der Waals surface area contributed by atoms with E-state index in [0.717, 1.165) is 5.56 Å². The molecule has 0 aliphatic rings. The van der Waals surface area contributed by atoms with E-state index in [0.29, 0.717) is 13.1 Å². The molecular weight excluding hydrogens is 398 g/mol. The Balaban J connectivity index is 2.09. The summed E-state index contributed by atoms with van der Waals surface area (Å²) in [5.41, 5.74) is 1.11. The van der Waals surface area contributed by atoms with E-state index in [2.05, 4.69) is 5.32 Å². The molecule has 0 aliphatic heterocycles. The van der Waals surface area contributed by atoms with Gasteiger partial charge in [-0.05, 0) is 11.6 Å². The van der Waals surface area contributed by atoms with Gasteiger partial charge in [0.2, 0.25) is 5.91 Å². The molecule has 0 aliphatic carbocycles. The highest BCUT2D eigenvalue weighted by Gasteiger charge is 2.20. The topological polar surface area (TPSA) is 102 Å². The zero-order chi connectivity index (χ0) is 21.4. The van der Waals surface area contributed by atoms with Crippen LogP contribution in [-0.2, 0) is 20.9 Å². The van der Waals surface area contributed by atoms with Crippen LogP contribution >= 0.6 is 11.6 Å². The second-order valence-electron chi connectivity index (χ2n) is 6.55. The Bertz CT molecular complexity index is 876. The first-order valence-corrected chi connectivity index (χ1v) is 9.26. The number of rotatable bonds is 9. The van der Waals surface area contributed by atoms with Gasteiger partial charge in [-0.25, -0.2) is 0 Å². The Hall–Kier alpha value is -2.97. The summed E-state index contributed by atoms with van der Waals surface area (Å²) in [4.78, 5) is 36.4. The quantitative estimate of drug-likeness (QED) is 0.379. The molecule has 1 amide bonds. The zero-order valence-electron chi connectivity index (χ0n) is 16.1. The maximum absolute atomic E-state index is 12.5. The predicted octanol–water partition coefficient (Wildman–Crippen LogP) is 3.50. The summed E-state index contributed by atoms with van der Waals surface area (Å²) >= 11 is 6.03. The Morgan fingerprint density at radius 1 is 1.24 bits per heavy atom. The van der Waals surface area contributed by atoms with Crippen LogP contribution in [0.5, 0.6) is 0 Å². The summed E-state index contributed by atoms with van der Waals surface area (Å²) in [5.74, 6) is -1.13. The Morgan fingerprint density at radius 3 is 2.52 bits per heavy atom. The van der Waals surface area contributed by atoms with Gasteiger partial charge in [-0.3, -0.25) is 24.6 Å². The van der Waals surface area contributed by atoms with Gasteiger partial charge in [0.25, 0.3) is 5.69 Å². The monoisotopic (exact) mass is 419 g/mol. The number of benzene rings is 2. The summed E-state index contributed by atoms with van der Waals surface area (Å²) in [6.45, 7) is 2.52. The molecule has 29 heavy (non-hydrogen) atoms. The highest BCUT2D eigenvalue weighted by atomic mass is 35.5. The average molecular weight is 420 g/mol. The third-order valence-corrected chi connectivity index (χ3v) is 4.50. The average Bonchev–Trinajstić information content (AvgIpc) is 2.69. The number of amides is 1. The molecule has 1 unspecified atom stereocenters. The number of esters is 1. The molecule has 154 valence electrons. The lowest BCUT2D eigenvalue weighted by molar-refractivity contribution is -0.384. The predicted molar refractivity (Wildman–Crippen MR) is 110 cm³/mol. The third-order valence-electron chi connectivity index (χ3n) is 4.19. The molecule has 0 radical (unpaired) electrons. The highest BCUT2D eigenvalue weighted by molar-refractivity contribution is 6.34. The minimum absolute atomic E-state index is 0.00352. The minimum atomic E-state index is -0.562. The van der Waals surface area contributed by atoms with Crippen molar-refractivity contribution in [2.24, 2.45) is 5.92 Å². The third kappa shape index (κ3) is 6.85. The maximum atomic E-state index is 12.5. The van der Waals surface area contributed by atoms with E-state index in [1.807, 2.05) is 35.2 Å². The number of hydrogen-bond donors (Lipinski definition) is 1. The number of nitro benzene ring substituents is 1. The lowest BCUT2D eigenvalue weighted by Crippen LogP contribution is -2.37. The van der Waals surface area contributed by atoms with E-state index in [9.17, 15) is 19.7 Å². The summed E-state index contributed by atoms with van der Waals surface area (Å²) < 4.78 is 4.77. The fraction of sp³-hybridized carbons (Fsp3) is 0.300. The summed E-state index contributed by atoms with van der Waals surface area (Å²) in [7, 11) is 1.32. The lowest BCUT2D eigenvalue weighted by atomic mass is 10.1. The standard InChI is InChI=1S/C20H22ClN3O5/c1-14(20(26)29-2)11-23(12-15-6-4-3-5-7-15)13-19(25)22-18-9-8-16(24(27)28)10-17(18)21/h3-10,14H,11-13H2,1-2H3,(H,22,25). The smallest absolute Gasteiger partial charge is 0.309 e. The van der Waals surface area contributed by atoms with Gasteiger partial charge in [-0.1, -0.05) is 48.9 Å². The Labute approximate surface area is 173 Å². The van der Waals surface area contributed by atoms with Crippen molar-refractivity contribution in [3.63, 3.8) is 0 Å². The van der Waals surface area contributed by atoms with Crippen LogP contribution < -0.4 is 5.32 Å². The van der Waals surface area contributed by atoms with Crippen molar-refractivity contribution in [3.8, 4) is 0 Å². The molecule has 0 bridgehead atoms. The van der Waals surface area contributed by atoms with Crippen LogP contribution in [0.3, 0.4) is 0 Å². The molecule has 1 N–H and O–H groups in total. The molecule has 8 nitrogen and oxygen atoms in total. The number of methoxy groups -OCH3 is 1. The molecule has 0 saturated heterocycles. The first-order valence-electron chi connectivity index (χ1n) is 8.88. The van der Waals surface area contributed by atoms with Crippen LogP contribution in [0, 0.1) is 16.0 Å². The van der Waals surface area contributed by atoms with E-state index >= 15 is 0 Å². The number of hydrogen-bond acceptors (Lipinski definition) is 6. The molecule has 2 aromatic carbocycles. The molecule has 2 rings (SSSR count). The summed E-state index contributed by atoms with van der Waals surface area (Å²) in [5, 5.41) is 13.5. The van der Waals surface area contributed by atoms with Gasteiger partial charge in [-0.2, -0.15) is 0 Å². The van der Waals surface area contributed by atoms with Crippen LogP contribution in [0.2, 0.25) is 5.02 Å². The number of nitro groups is 1. The minimum Gasteiger partial charge on any atom is -0.469 e. The molecule has 0 fully saturated rings. The van der Waals surface area contributed by atoms with Gasteiger partial charge >= 0.3 is 5.97 Å². The molecule has 0 saturated carbocycles. The van der Waals surface area contributed by atoms with E-state index in [1.54, 1.807) is 6.92 Å². The van der Waals surface area contributed by atoms with Crippen molar-refractivity contribution in [1.29, 1.82) is 0 Å². The molecule has 0 aromatic heterocycles. The first kappa shape index (κ1) is 22.3. The van der Waals surface area contributed by atoms with Crippen molar-refractivity contribution in [2.75, 3.05) is 25.5 Å². The van der Waals surface area contributed by atoms with Gasteiger partial charge < -0.3 is 10.1 Å². The van der Waals surface area contributed by atoms with Crippen molar-refractivity contribution in [3.05, 3.63) is 69.2 Å². The second kappa shape index (κ2) is 10.5. The zero-order valence-corrected chi connectivity index (χ0v) is 16.9. The molecule has 1 atom stereocenters. The Kier molecular flexibility index (Phi) is 8.11. The summed E-state index contributed by atoms with van der Waals surface area (Å²) in [6, 6.07) is 13.4. The van der Waals surface area contributed by atoms with Gasteiger partial charge in [0, 0.05) is 25.2 Å². The van der Waals surface area contributed by atoms with Gasteiger partial charge in [0.15, 0.2) is 0 Å². The van der Waals surface area contributed by atoms with Gasteiger partial charge in [-0.15, -0.1) is 0 Å². The van der Waals surface area contributed by atoms with Crippen molar-refractivity contribution in [1.82, 2.24) is 4.90 Å². The van der Waals surface area contributed by atoms with Gasteiger partial charge in [0.05, 0.1) is 35.2 Å². The molecule has 9 heteroatoms. The van der Waals surface area contributed by atoms with E-state index in [-0.39, 0.29) is 34.8 Å². The van der Waals surface area contributed by atoms with Crippen LogP contribution in [-0.4, -0.2) is 41.9 Å². The Morgan fingerprint density at radius 2 is 1.93 bits per heavy atom. The number of halogens is 1. The molecule has 2 aromatic rings. The number of carbonyl (C=O) groups is 2. The van der Waals surface area contributed by atoms with Crippen LogP contribution in [0.15, 0.2) is 48.5 Å². The number of ether oxygens (including phenoxy) is 1. The van der Waals surface area contributed by atoms with Crippen LogP contribution in [0.1, 0.15) is 12.5 Å². The van der Waals surface area contributed by atoms with Crippen molar-refractivity contribution < 1.29 is 19.2 Å². The first-order chi connectivity index (χ1) is 13.8. The van der Waals surface area contributed by atoms with Crippen molar-refractivity contribution >= 4 is 34.9 Å². The normalized spacial score (nSPS) is 11.7. The highest BCUT2D eigenvalue weighted by Crippen LogP contribution is 2.26. The molecule has 0 spiro atoms. The van der Waals surface area contributed by atoms with Crippen LogP contribution in [0.25, 0.3) is 0 Å². The van der Waals surface area contributed by atoms with E-state index in [4.69, 9.17) is 16.3 Å². The largest absolute Gasteiger partial charge is 0.469 e. The second-order valence-corrected chi connectivity index (χ2v) is 6.96. The number of nitrogens with zero attached hydrogens (tertiary/aromatic N) is 2. The number of nitrogens with one attached hydrogen (secondary N) is 1.